The zero-order chi connectivity index (χ0) is 17.7. The number of carbonyl (C=O) groups is 1. The summed E-state index contributed by atoms with van der Waals surface area (Å²) in [6.07, 6.45) is 0.803. The van der Waals surface area contributed by atoms with Gasteiger partial charge in [0, 0.05) is 5.56 Å². The molecule has 26 heavy (non-hydrogen) atoms. The van der Waals surface area contributed by atoms with Crippen molar-refractivity contribution in [1.29, 1.82) is 0 Å². The van der Waals surface area contributed by atoms with Crippen molar-refractivity contribution >= 4 is 39.1 Å². The number of ether oxygens (including phenoxy) is 1. The molecule has 0 aliphatic heterocycles. The quantitative estimate of drug-likeness (QED) is 0.248. The number of hydrogen-bond acceptors (Lipinski definition) is 2. The van der Waals surface area contributed by atoms with Gasteiger partial charge in [0.15, 0.2) is 0 Å². The molecule has 0 saturated carbocycles. The molecule has 0 heterocycles. The molecule has 0 fully saturated rings. The van der Waals surface area contributed by atoms with E-state index in [0.717, 1.165) is 28.1 Å². The first-order valence-electron chi connectivity index (χ1n) is 8.61. The van der Waals surface area contributed by atoms with E-state index in [4.69, 9.17) is 16.3 Å². The third kappa shape index (κ3) is 2.30. The molecular weight excluding hydrogens is 344 g/mol. The maximum absolute atomic E-state index is 12.9. The molecule has 1 aliphatic rings. The van der Waals surface area contributed by atoms with Crippen LogP contribution in [0.4, 0.5) is 0 Å². The second kappa shape index (κ2) is 5.86. The van der Waals surface area contributed by atoms with Crippen LogP contribution in [-0.4, -0.2) is 5.97 Å². The molecule has 0 N–H and O–H groups in total. The van der Waals surface area contributed by atoms with Crippen molar-refractivity contribution in [2.45, 2.75) is 11.8 Å². The zero-order valence-corrected chi connectivity index (χ0v) is 14.7. The summed E-state index contributed by atoms with van der Waals surface area (Å²) in [6, 6.07) is 23.5. The topological polar surface area (TPSA) is 26.3 Å². The highest BCUT2D eigenvalue weighted by atomic mass is 35.5. The van der Waals surface area contributed by atoms with E-state index >= 15 is 0 Å². The molecule has 0 spiro atoms. The highest BCUT2D eigenvalue weighted by Crippen LogP contribution is 2.48. The predicted molar refractivity (Wildman–Crippen MR) is 105 cm³/mol. The monoisotopic (exact) mass is 358 g/mol. The minimum Gasteiger partial charge on any atom is -0.423 e. The van der Waals surface area contributed by atoms with Gasteiger partial charge in [-0.2, -0.15) is 0 Å². The summed E-state index contributed by atoms with van der Waals surface area (Å²) in [5.41, 5.74) is 2.69. The number of esters is 1. The highest BCUT2D eigenvalue weighted by Gasteiger charge is 2.31. The van der Waals surface area contributed by atoms with E-state index in [1.807, 2.05) is 60.7 Å². The average Bonchev–Trinajstić information content (AvgIpc) is 2.66. The van der Waals surface area contributed by atoms with Crippen LogP contribution in [-0.2, 0) is 6.42 Å². The van der Waals surface area contributed by atoms with E-state index in [-0.39, 0.29) is 11.3 Å². The smallest absolute Gasteiger partial charge is 0.344 e. The number of halogens is 1. The largest absolute Gasteiger partial charge is 0.423 e. The lowest BCUT2D eigenvalue weighted by atomic mass is 9.83. The number of alkyl halides is 1. The minimum absolute atomic E-state index is 0.107. The summed E-state index contributed by atoms with van der Waals surface area (Å²) in [5, 5.41) is 4.05. The lowest BCUT2D eigenvalue weighted by Crippen LogP contribution is -2.18. The fourth-order valence-electron chi connectivity index (χ4n) is 3.77. The lowest BCUT2D eigenvalue weighted by Gasteiger charge is -2.29. The molecule has 3 heteroatoms. The fraction of sp³-hybridized carbons (Fsp3) is 0.0870. The van der Waals surface area contributed by atoms with Crippen molar-refractivity contribution in [3.8, 4) is 5.75 Å². The minimum atomic E-state index is -0.352. The van der Waals surface area contributed by atoms with Crippen molar-refractivity contribution in [1.82, 2.24) is 0 Å². The van der Waals surface area contributed by atoms with Gasteiger partial charge in [-0.25, -0.2) is 4.79 Å². The molecule has 1 unspecified atom stereocenters. The fourth-order valence-corrected chi connectivity index (χ4v) is 4.16. The number of hydrogen-bond donors (Lipinski definition) is 0. The van der Waals surface area contributed by atoms with E-state index in [0.29, 0.717) is 11.3 Å². The average molecular weight is 359 g/mol. The molecular formula is C23H15ClO2. The molecule has 2 nitrogen and oxygen atoms in total. The second-order valence-electron chi connectivity index (χ2n) is 6.58. The van der Waals surface area contributed by atoms with Crippen LogP contribution in [0.3, 0.4) is 0 Å². The first kappa shape index (κ1) is 15.4. The third-order valence-electron chi connectivity index (χ3n) is 5.07. The molecule has 126 valence electrons. The first-order chi connectivity index (χ1) is 12.7. The predicted octanol–water partition coefficient (Wildman–Crippen LogP) is 6.05. The van der Waals surface area contributed by atoms with Gasteiger partial charge in [0.1, 0.15) is 5.75 Å². The van der Waals surface area contributed by atoms with Gasteiger partial charge in [0.05, 0.1) is 10.9 Å². The number of fused-ring (bicyclic) bond motifs is 4. The van der Waals surface area contributed by atoms with Crippen LogP contribution >= 0.6 is 11.6 Å². The van der Waals surface area contributed by atoms with Crippen molar-refractivity contribution in [2.75, 3.05) is 0 Å². The van der Waals surface area contributed by atoms with Crippen molar-refractivity contribution in [3.63, 3.8) is 0 Å². The van der Waals surface area contributed by atoms with Crippen molar-refractivity contribution < 1.29 is 9.53 Å². The van der Waals surface area contributed by atoms with Crippen LogP contribution < -0.4 is 4.74 Å². The molecule has 0 radical (unpaired) electrons. The standard InChI is InChI=1S/C23H15ClO2/c24-20-13-19-17-10-4-2-7-15(17)12-21(22(19)20)26-23(25)18-11-5-8-14-6-1-3-9-16(14)18/h1-12,20H,13H2. The van der Waals surface area contributed by atoms with Crippen LogP contribution in [0.15, 0.2) is 72.8 Å². The molecule has 5 rings (SSSR count). The molecule has 0 saturated heterocycles. The summed E-state index contributed by atoms with van der Waals surface area (Å²) < 4.78 is 5.83. The SMILES string of the molecule is O=C(Oc1cc2ccccc2c2c1C(Cl)C2)c1cccc2ccccc12. The van der Waals surface area contributed by atoms with Gasteiger partial charge in [-0.15, -0.1) is 11.6 Å². The van der Waals surface area contributed by atoms with Gasteiger partial charge in [-0.3, -0.25) is 0 Å². The Kier molecular flexibility index (Phi) is 3.47. The van der Waals surface area contributed by atoms with Gasteiger partial charge < -0.3 is 4.74 Å². The van der Waals surface area contributed by atoms with Crippen LogP contribution in [0.1, 0.15) is 26.9 Å². The van der Waals surface area contributed by atoms with Crippen molar-refractivity contribution in [3.05, 3.63) is 89.5 Å². The summed E-state index contributed by atoms with van der Waals surface area (Å²) in [4.78, 5) is 12.9. The van der Waals surface area contributed by atoms with Gasteiger partial charge in [-0.05, 0) is 45.7 Å². The van der Waals surface area contributed by atoms with E-state index in [9.17, 15) is 4.79 Å². The Bertz CT molecular complexity index is 1170. The summed E-state index contributed by atoms with van der Waals surface area (Å²) in [7, 11) is 0. The van der Waals surface area contributed by atoms with Gasteiger partial charge >= 0.3 is 5.97 Å². The summed E-state index contributed by atoms with van der Waals surface area (Å²) in [5.74, 6) is 0.220. The van der Waals surface area contributed by atoms with Gasteiger partial charge in [0.2, 0.25) is 0 Å². The van der Waals surface area contributed by atoms with Crippen molar-refractivity contribution in [2.24, 2.45) is 0 Å². The third-order valence-corrected chi connectivity index (χ3v) is 5.44. The Labute approximate surface area is 156 Å². The highest BCUT2D eigenvalue weighted by molar-refractivity contribution is 6.23. The molecule has 4 aromatic carbocycles. The Morgan fingerprint density at radius 1 is 0.885 bits per heavy atom. The van der Waals surface area contributed by atoms with Crippen LogP contribution in [0, 0.1) is 0 Å². The molecule has 0 bridgehead atoms. The van der Waals surface area contributed by atoms with Gasteiger partial charge in [0.25, 0.3) is 0 Å². The van der Waals surface area contributed by atoms with E-state index < -0.39 is 0 Å². The van der Waals surface area contributed by atoms with E-state index in [1.165, 1.54) is 10.9 Å². The number of carbonyl (C=O) groups excluding carboxylic acids is 1. The first-order valence-corrected chi connectivity index (χ1v) is 9.04. The summed E-state index contributed by atoms with van der Waals surface area (Å²) in [6.45, 7) is 0. The molecule has 1 aliphatic carbocycles. The normalized spacial score (nSPS) is 15.5. The Morgan fingerprint density at radius 3 is 2.38 bits per heavy atom. The van der Waals surface area contributed by atoms with Crippen LogP contribution in [0.25, 0.3) is 21.5 Å². The van der Waals surface area contributed by atoms with E-state index in [1.54, 1.807) is 6.07 Å². The molecule has 0 amide bonds. The molecule has 1 atom stereocenters. The maximum Gasteiger partial charge on any atom is 0.344 e. The maximum atomic E-state index is 12.9. The molecule has 4 aromatic rings. The van der Waals surface area contributed by atoms with Crippen LogP contribution in [0.2, 0.25) is 0 Å². The zero-order valence-electron chi connectivity index (χ0n) is 13.9. The number of benzene rings is 4. The number of rotatable bonds is 2. The second-order valence-corrected chi connectivity index (χ2v) is 7.10. The Hall–Kier alpha value is -2.84. The Balaban J connectivity index is 1.60. The lowest BCUT2D eigenvalue weighted by molar-refractivity contribution is 0.0734. The van der Waals surface area contributed by atoms with E-state index in [2.05, 4.69) is 6.07 Å². The Morgan fingerprint density at radius 2 is 1.58 bits per heavy atom. The van der Waals surface area contributed by atoms with Gasteiger partial charge in [-0.1, -0.05) is 60.7 Å². The molecule has 0 aromatic heterocycles. The van der Waals surface area contributed by atoms with Crippen LogP contribution in [0.5, 0.6) is 5.75 Å². The summed E-state index contributed by atoms with van der Waals surface area (Å²) >= 11 is 6.42.